The van der Waals surface area contributed by atoms with E-state index >= 15 is 0 Å². The SMILES string of the molecule is CC(C)(C)OC[C@H](NC(=O)[C@H](NC(=O)COc1ccc(C2C(SCC(=O)c3ccc(F)cc3)C(=O)N2c2ccc(F)cc2)cc1)c1ccccc1)C(=O)OC(C)(C)C. The number of hydrogen-bond acceptors (Lipinski definition) is 9. The molecule has 1 fully saturated rings. The van der Waals surface area contributed by atoms with Gasteiger partial charge in [0, 0.05) is 11.3 Å². The molecule has 2 unspecified atom stereocenters. The smallest absolute Gasteiger partial charge is 0.331 e. The number of amides is 3. The summed E-state index contributed by atoms with van der Waals surface area (Å²) in [6, 6.07) is 23.1. The number of ketones is 1. The molecular weight excluding hydrogens is 769 g/mol. The summed E-state index contributed by atoms with van der Waals surface area (Å²) in [6.45, 7) is 9.96. The number of rotatable bonds is 16. The number of Topliss-reactive ketones (excluding diaryl/α,β-unsaturated/α-hetero) is 1. The average Bonchev–Trinajstić information content (AvgIpc) is 3.17. The minimum absolute atomic E-state index is 0.0273. The van der Waals surface area contributed by atoms with Crippen molar-refractivity contribution in [1.82, 2.24) is 10.6 Å². The molecule has 0 saturated carbocycles. The lowest BCUT2D eigenvalue weighted by Crippen LogP contribution is -2.57. The summed E-state index contributed by atoms with van der Waals surface area (Å²) < 4.78 is 44.3. The highest BCUT2D eigenvalue weighted by Crippen LogP contribution is 2.45. The van der Waals surface area contributed by atoms with Crippen LogP contribution < -0.4 is 20.3 Å². The van der Waals surface area contributed by atoms with E-state index in [0.717, 1.165) is 11.8 Å². The molecular formula is C44H47F2N3O8S. The molecule has 0 aliphatic carbocycles. The Balaban J connectivity index is 1.27. The Kier molecular flexibility index (Phi) is 14.1. The van der Waals surface area contributed by atoms with Gasteiger partial charge in [-0.15, -0.1) is 11.8 Å². The lowest BCUT2D eigenvalue weighted by atomic mass is 9.92. The van der Waals surface area contributed by atoms with Gasteiger partial charge in [0.1, 0.15) is 34.3 Å². The first-order valence-corrected chi connectivity index (χ1v) is 19.7. The van der Waals surface area contributed by atoms with Crippen LogP contribution in [-0.4, -0.2) is 70.9 Å². The van der Waals surface area contributed by atoms with Crippen LogP contribution in [0.25, 0.3) is 0 Å². The van der Waals surface area contributed by atoms with Gasteiger partial charge in [0.05, 0.1) is 24.0 Å². The van der Waals surface area contributed by atoms with Crippen LogP contribution >= 0.6 is 11.8 Å². The molecule has 0 radical (unpaired) electrons. The molecule has 1 heterocycles. The van der Waals surface area contributed by atoms with Crippen LogP contribution in [0.4, 0.5) is 14.5 Å². The van der Waals surface area contributed by atoms with Crippen molar-refractivity contribution in [3.05, 3.63) is 131 Å². The number of nitrogens with zero attached hydrogens (tertiary/aromatic N) is 1. The zero-order valence-corrected chi connectivity index (χ0v) is 33.9. The molecule has 1 aliphatic heterocycles. The molecule has 5 rings (SSSR count). The summed E-state index contributed by atoms with van der Waals surface area (Å²) in [5, 5.41) is 4.75. The Morgan fingerprint density at radius 3 is 1.97 bits per heavy atom. The molecule has 0 aromatic heterocycles. The van der Waals surface area contributed by atoms with Gasteiger partial charge in [-0.2, -0.15) is 0 Å². The van der Waals surface area contributed by atoms with E-state index in [1.165, 1.54) is 53.4 Å². The lowest BCUT2D eigenvalue weighted by molar-refractivity contribution is -0.162. The maximum Gasteiger partial charge on any atom is 0.331 e. The molecule has 0 bridgehead atoms. The van der Waals surface area contributed by atoms with E-state index in [9.17, 15) is 32.8 Å². The number of esters is 1. The topological polar surface area (TPSA) is 140 Å². The Morgan fingerprint density at radius 2 is 1.38 bits per heavy atom. The van der Waals surface area contributed by atoms with Gasteiger partial charge in [-0.3, -0.25) is 19.2 Å². The van der Waals surface area contributed by atoms with Crippen LogP contribution in [0.2, 0.25) is 0 Å². The normalized spacial score (nSPS) is 16.4. The number of nitrogens with one attached hydrogen (secondary N) is 2. The molecule has 11 nitrogen and oxygen atoms in total. The number of benzene rings is 4. The van der Waals surface area contributed by atoms with Gasteiger partial charge >= 0.3 is 5.97 Å². The Morgan fingerprint density at radius 1 is 0.776 bits per heavy atom. The number of anilines is 1. The third kappa shape index (κ3) is 12.0. The summed E-state index contributed by atoms with van der Waals surface area (Å²) in [4.78, 5) is 68.0. The van der Waals surface area contributed by atoms with Crippen molar-refractivity contribution in [2.24, 2.45) is 0 Å². The number of hydrogen-bond donors (Lipinski definition) is 2. The van der Waals surface area contributed by atoms with Gasteiger partial charge in [-0.25, -0.2) is 13.6 Å². The number of carbonyl (C=O) groups is 5. The highest BCUT2D eigenvalue weighted by molar-refractivity contribution is 8.01. The second-order valence-corrected chi connectivity index (χ2v) is 16.7. The second-order valence-electron chi connectivity index (χ2n) is 15.6. The van der Waals surface area contributed by atoms with Crippen molar-refractivity contribution in [1.29, 1.82) is 0 Å². The average molecular weight is 816 g/mol. The summed E-state index contributed by atoms with van der Waals surface area (Å²) in [5.74, 6) is -3.13. The van der Waals surface area contributed by atoms with Crippen molar-refractivity contribution in [3.63, 3.8) is 0 Å². The summed E-state index contributed by atoms with van der Waals surface area (Å²) >= 11 is 1.16. The fourth-order valence-corrected chi connectivity index (χ4v) is 7.13. The third-order valence-corrected chi connectivity index (χ3v) is 9.94. The molecule has 4 aromatic carbocycles. The Bertz CT molecular complexity index is 2070. The first kappa shape index (κ1) is 43.5. The molecule has 0 spiro atoms. The first-order chi connectivity index (χ1) is 27.4. The number of carbonyl (C=O) groups excluding carboxylic acids is 5. The monoisotopic (exact) mass is 815 g/mol. The zero-order valence-electron chi connectivity index (χ0n) is 33.1. The molecule has 1 saturated heterocycles. The van der Waals surface area contributed by atoms with E-state index in [4.69, 9.17) is 14.2 Å². The highest BCUT2D eigenvalue weighted by atomic mass is 32.2. The minimum Gasteiger partial charge on any atom is -0.484 e. The largest absolute Gasteiger partial charge is 0.484 e. The molecule has 4 aromatic rings. The number of halogens is 2. The number of ether oxygens (including phenoxy) is 3. The maximum atomic E-state index is 13.8. The molecule has 306 valence electrons. The molecule has 14 heteroatoms. The van der Waals surface area contributed by atoms with Crippen molar-refractivity contribution in [2.75, 3.05) is 23.9 Å². The quantitative estimate of drug-likeness (QED) is 0.0702. The van der Waals surface area contributed by atoms with Gasteiger partial charge in [0.25, 0.3) is 5.91 Å². The van der Waals surface area contributed by atoms with Crippen molar-refractivity contribution in [3.8, 4) is 5.75 Å². The highest BCUT2D eigenvalue weighted by Gasteiger charge is 2.49. The molecule has 3 amide bonds. The maximum absolute atomic E-state index is 13.8. The van der Waals surface area contributed by atoms with Gasteiger partial charge in [-0.1, -0.05) is 42.5 Å². The van der Waals surface area contributed by atoms with Crippen LogP contribution in [0, 0.1) is 11.6 Å². The minimum atomic E-state index is -1.20. The van der Waals surface area contributed by atoms with E-state index in [2.05, 4.69) is 10.6 Å². The Labute approximate surface area is 340 Å². The van der Waals surface area contributed by atoms with Crippen LogP contribution in [0.3, 0.4) is 0 Å². The predicted octanol–water partition coefficient (Wildman–Crippen LogP) is 6.92. The summed E-state index contributed by atoms with van der Waals surface area (Å²) in [7, 11) is 0. The van der Waals surface area contributed by atoms with Crippen LogP contribution in [0.1, 0.15) is 75.1 Å². The fourth-order valence-electron chi connectivity index (χ4n) is 5.91. The van der Waals surface area contributed by atoms with E-state index < -0.39 is 70.6 Å². The van der Waals surface area contributed by atoms with Crippen LogP contribution in [0.15, 0.2) is 103 Å². The van der Waals surface area contributed by atoms with Gasteiger partial charge in [0.2, 0.25) is 11.8 Å². The number of β-lactam (4-membered cyclic amide) rings is 1. The van der Waals surface area contributed by atoms with Gasteiger partial charge < -0.3 is 29.7 Å². The van der Waals surface area contributed by atoms with Crippen LogP contribution in [-0.2, 0) is 28.7 Å². The third-order valence-electron chi connectivity index (χ3n) is 8.69. The zero-order chi connectivity index (χ0) is 42.2. The Hall–Kier alpha value is -5.60. The van der Waals surface area contributed by atoms with Crippen LogP contribution in [0.5, 0.6) is 5.75 Å². The second kappa shape index (κ2) is 18.8. The standard InChI is InChI=1S/C44H47F2N3O8S/c1-43(2,3)56-24-34(42(54)57-44(4,5)6)47-40(52)37(28-10-8-7-9-11-28)48-36(51)25-55-33-22-14-29(15-23-33)38-39(41(53)49(38)32-20-18-31(46)19-21-32)58-26-35(50)27-12-16-30(45)17-13-27/h7-23,34,37-39H,24-26H2,1-6H3,(H,47,52)(H,48,51)/t34-,37+,38?,39?/m0/s1. The molecule has 58 heavy (non-hydrogen) atoms. The lowest BCUT2D eigenvalue weighted by Gasteiger charge is -2.47. The summed E-state index contributed by atoms with van der Waals surface area (Å²) in [6.07, 6.45) is 0. The first-order valence-electron chi connectivity index (χ1n) is 18.6. The fraction of sp³-hybridized carbons (Fsp3) is 0.341. The van der Waals surface area contributed by atoms with E-state index in [-0.39, 0.29) is 24.1 Å². The predicted molar refractivity (Wildman–Crippen MR) is 216 cm³/mol. The number of thioether (sulfide) groups is 1. The van der Waals surface area contributed by atoms with Gasteiger partial charge in [0.15, 0.2) is 18.4 Å². The van der Waals surface area contributed by atoms with E-state index in [0.29, 0.717) is 28.1 Å². The van der Waals surface area contributed by atoms with Crippen molar-refractivity contribution in [2.45, 2.75) is 76.1 Å². The van der Waals surface area contributed by atoms with Gasteiger partial charge in [-0.05, 0) is 113 Å². The van der Waals surface area contributed by atoms with E-state index in [1.807, 2.05) is 20.8 Å². The molecule has 2 N–H and O–H groups in total. The van der Waals surface area contributed by atoms with E-state index in [1.54, 1.807) is 75.4 Å². The molecule has 1 aliphatic rings. The molecule has 4 atom stereocenters. The van der Waals surface area contributed by atoms with Crippen molar-refractivity contribution < 1.29 is 47.0 Å². The van der Waals surface area contributed by atoms with Crippen molar-refractivity contribution >= 4 is 46.9 Å². The summed E-state index contributed by atoms with van der Waals surface area (Å²) in [5.41, 5.74) is 0.525.